The predicted octanol–water partition coefficient (Wildman–Crippen LogP) is 3.40. The Morgan fingerprint density at radius 3 is 1.81 bits per heavy atom. The zero-order chi connectivity index (χ0) is 19.3. The summed E-state index contributed by atoms with van der Waals surface area (Å²) in [6.45, 7) is 6.66. The summed E-state index contributed by atoms with van der Waals surface area (Å²) >= 11 is 0. The van der Waals surface area contributed by atoms with Crippen molar-refractivity contribution in [3.8, 4) is 0 Å². The number of aryl methyl sites for hydroxylation is 1. The van der Waals surface area contributed by atoms with Gasteiger partial charge in [-0.15, -0.1) is 0 Å². The van der Waals surface area contributed by atoms with Gasteiger partial charge < -0.3 is 16.0 Å². The van der Waals surface area contributed by atoms with Gasteiger partial charge in [-0.1, -0.05) is 29.8 Å². The molecule has 0 saturated heterocycles. The van der Waals surface area contributed by atoms with E-state index in [0.717, 1.165) is 11.1 Å². The van der Waals surface area contributed by atoms with E-state index in [9.17, 15) is 14.4 Å². The molecule has 26 heavy (non-hydrogen) atoms. The Labute approximate surface area is 153 Å². The molecule has 3 amide bonds. The van der Waals surface area contributed by atoms with Gasteiger partial charge in [0, 0.05) is 30.8 Å². The highest BCUT2D eigenvalue weighted by molar-refractivity contribution is 6.00. The Hall–Kier alpha value is -3.15. The third kappa shape index (κ3) is 5.44. The molecule has 0 aromatic heterocycles. The van der Waals surface area contributed by atoms with Gasteiger partial charge in [0.2, 0.25) is 11.8 Å². The van der Waals surface area contributed by atoms with Crippen LogP contribution in [-0.2, 0) is 9.59 Å². The van der Waals surface area contributed by atoms with Gasteiger partial charge in [0.15, 0.2) is 0 Å². The number of nitrogens with one attached hydrogen (secondary N) is 3. The quantitative estimate of drug-likeness (QED) is 0.770. The Bertz CT molecular complexity index is 794. The highest BCUT2D eigenvalue weighted by Crippen LogP contribution is 2.21. The van der Waals surface area contributed by atoms with Crippen molar-refractivity contribution >= 4 is 29.1 Å². The van der Waals surface area contributed by atoms with E-state index < -0.39 is 0 Å². The highest BCUT2D eigenvalue weighted by Gasteiger charge is 2.14. The van der Waals surface area contributed by atoms with Crippen molar-refractivity contribution in [1.82, 2.24) is 5.32 Å². The van der Waals surface area contributed by atoms with Gasteiger partial charge in [0.1, 0.15) is 0 Å². The van der Waals surface area contributed by atoms with Crippen LogP contribution >= 0.6 is 0 Å². The lowest BCUT2D eigenvalue weighted by molar-refractivity contribution is -0.115. The number of rotatable bonds is 5. The molecular weight excluding hydrogens is 330 g/mol. The fraction of sp³-hybridized carbons (Fsp3) is 0.250. The van der Waals surface area contributed by atoms with Crippen molar-refractivity contribution in [2.45, 2.75) is 33.7 Å². The fourth-order valence-electron chi connectivity index (χ4n) is 2.53. The van der Waals surface area contributed by atoms with E-state index in [2.05, 4.69) is 16.0 Å². The van der Waals surface area contributed by atoms with Crippen LogP contribution in [0.5, 0.6) is 0 Å². The molecule has 2 aromatic carbocycles. The van der Waals surface area contributed by atoms with Gasteiger partial charge >= 0.3 is 0 Å². The first-order valence-electron chi connectivity index (χ1n) is 8.32. The Kier molecular flexibility index (Phi) is 6.11. The number of anilines is 2. The second-order valence-electron chi connectivity index (χ2n) is 6.27. The topological polar surface area (TPSA) is 87.3 Å². The van der Waals surface area contributed by atoms with Crippen LogP contribution in [0.25, 0.3) is 0 Å². The van der Waals surface area contributed by atoms with Gasteiger partial charge in [-0.3, -0.25) is 14.4 Å². The van der Waals surface area contributed by atoms with Gasteiger partial charge in [0.05, 0.1) is 6.04 Å². The van der Waals surface area contributed by atoms with E-state index in [1.54, 1.807) is 18.2 Å². The minimum absolute atomic E-state index is 0.184. The van der Waals surface area contributed by atoms with Crippen molar-refractivity contribution in [3.05, 3.63) is 59.2 Å². The summed E-state index contributed by atoms with van der Waals surface area (Å²) in [7, 11) is 0. The molecule has 0 radical (unpaired) electrons. The molecule has 2 aromatic rings. The van der Waals surface area contributed by atoms with E-state index in [1.807, 2.05) is 38.1 Å². The Morgan fingerprint density at radius 1 is 0.846 bits per heavy atom. The van der Waals surface area contributed by atoms with Crippen molar-refractivity contribution in [1.29, 1.82) is 0 Å². The minimum Gasteiger partial charge on any atom is -0.346 e. The Morgan fingerprint density at radius 2 is 1.35 bits per heavy atom. The predicted molar refractivity (Wildman–Crippen MR) is 102 cm³/mol. The van der Waals surface area contributed by atoms with E-state index >= 15 is 0 Å². The molecule has 136 valence electrons. The van der Waals surface area contributed by atoms with Crippen LogP contribution in [-0.4, -0.2) is 17.7 Å². The average Bonchev–Trinajstić information content (AvgIpc) is 2.53. The normalized spacial score (nSPS) is 11.4. The maximum Gasteiger partial charge on any atom is 0.251 e. The summed E-state index contributed by atoms with van der Waals surface area (Å²) in [6, 6.07) is 12.5. The van der Waals surface area contributed by atoms with E-state index in [-0.39, 0.29) is 23.8 Å². The summed E-state index contributed by atoms with van der Waals surface area (Å²) in [5, 5.41) is 8.20. The molecule has 2 rings (SSSR count). The second-order valence-corrected chi connectivity index (χ2v) is 6.27. The summed E-state index contributed by atoms with van der Waals surface area (Å²) in [6.07, 6.45) is 0. The standard InChI is InChI=1S/C20H23N3O3/c1-12-5-7-16(8-6-12)13(2)21-20(26)17-9-18(22-14(3)24)11-19(10-17)23-15(4)25/h5-11,13H,1-4H3,(H,21,26)(H,22,24)(H,23,25). The monoisotopic (exact) mass is 353 g/mol. The molecule has 0 aliphatic rings. The molecule has 0 fully saturated rings. The van der Waals surface area contributed by atoms with Gasteiger partial charge in [-0.25, -0.2) is 0 Å². The number of benzene rings is 2. The summed E-state index contributed by atoms with van der Waals surface area (Å²) in [5.74, 6) is -0.814. The van der Waals surface area contributed by atoms with Crippen molar-refractivity contribution < 1.29 is 14.4 Å². The molecule has 0 heterocycles. The first-order valence-corrected chi connectivity index (χ1v) is 8.32. The van der Waals surface area contributed by atoms with Gasteiger partial charge in [0.25, 0.3) is 5.91 Å². The number of carbonyl (C=O) groups excluding carboxylic acids is 3. The third-order valence-corrected chi connectivity index (χ3v) is 3.76. The molecule has 0 aliphatic carbocycles. The molecule has 6 heteroatoms. The van der Waals surface area contributed by atoms with Gasteiger partial charge in [-0.2, -0.15) is 0 Å². The van der Waals surface area contributed by atoms with Crippen LogP contribution in [0.1, 0.15) is 48.3 Å². The summed E-state index contributed by atoms with van der Waals surface area (Å²) in [5.41, 5.74) is 3.37. The maximum absolute atomic E-state index is 12.6. The molecule has 6 nitrogen and oxygen atoms in total. The molecule has 0 aliphatic heterocycles. The smallest absolute Gasteiger partial charge is 0.251 e. The fourth-order valence-corrected chi connectivity index (χ4v) is 2.53. The number of carbonyl (C=O) groups is 3. The molecule has 1 unspecified atom stereocenters. The van der Waals surface area contributed by atoms with Crippen LogP contribution in [0.3, 0.4) is 0 Å². The zero-order valence-corrected chi connectivity index (χ0v) is 15.3. The van der Waals surface area contributed by atoms with Crippen LogP contribution in [0.15, 0.2) is 42.5 Å². The molecule has 0 spiro atoms. The van der Waals surface area contributed by atoms with Crippen molar-refractivity contribution in [3.63, 3.8) is 0 Å². The van der Waals surface area contributed by atoms with E-state index in [0.29, 0.717) is 16.9 Å². The zero-order valence-electron chi connectivity index (χ0n) is 15.3. The number of hydrogen-bond acceptors (Lipinski definition) is 3. The van der Waals surface area contributed by atoms with Crippen molar-refractivity contribution in [2.75, 3.05) is 10.6 Å². The van der Waals surface area contributed by atoms with Gasteiger partial charge in [-0.05, 0) is 37.6 Å². The SMILES string of the molecule is CC(=O)Nc1cc(NC(C)=O)cc(C(=O)NC(C)c2ccc(C)cc2)c1. The van der Waals surface area contributed by atoms with E-state index in [1.165, 1.54) is 13.8 Å². The molecular formula is C20H23N3O3. The maximum atomic E-state index is 12.6. The van der Waals surface area contributed by atoms with Crippen molar-refractivity contribution in [2.24, 2.45) is 0 Å². The second kappa shape index (κ2) is 8.29. The lowest BCUT2D eigenvalue weighted by atomic mass is 10.1. The first-order chi connectivity index (χ1) is 12.2. The highest BCUT2D eigenvalue weighted by atomic mass is 16.2. The third-order valence-electron chi connectivity index (χ3n) is 3.76. The molecule has 0 saturated carbocycles. The molecule has 1 atom stereocenters. The molecule has 0 bridgehead atoms. The summed E-state index contributed by atoms with van der Waals surface area (Å²) in [4.78, 5) is 35.3. The van der Waals surface area contributed by atoms with Crippen LogP contribution in [0.2, 0.25) is 0 Å². The first kappa shape index (κ1) is 19.2. The average molecular weight is 353 g/mol. The largest absolute Gasteiger partial charge is 0.346 e. The number of hydrogen-bond donors (Lipinski definition) is 3. The minimum atomic E-state index is -0.295. The molecule has 3 N–H and O–H groups in total. The van der Waals surface area contributed by atoms with E-state index in [4.69, 9.17) is 0 Å². The summed E-state index contributed by atoms with van der Waals surface area (Å²) < 4.78 is 0. The number of amides is 3. The lowest BCUT2D eigenvalue weighted by Crippen LogP contribution is -2.27. The Balaban J connectivity index is 2.23. The van der Waals surface area contributed by atoms with Crippen LogP contribution < -0.4 is 16.0 Å². The van der Waals surface area contributed by atoms with Crippen LogP contribution in [0, 0.1) is 6.92 Å². The van der Waals surface area contributed by atoms with Crippen LogP contribution in [0.4, 0.5) is 11.4 Å². The lowest BCUT2D eigenvalue weighted by Gasteiger charge is -2.16.